The second-order valence-corrected chi connectivity index (χ2v) is 5.89. The van der Waals surface area contributed by atoms with Crippen molar-refractivity contribution in [3.05, 3.63) is 23.9 Å². The molecular formula is C16H26N2O. The van der Waals surface area contributed by atoms with E-state index in [0.717, 1.165) is 18.4 Å². The molecule has 1 saturated carbocycles. The van der Waals surface area contributed by atoms with Crippen molar-refractivity contribution in [3.8, 4) is 5.88 Å². The molecule has 0 saturated heterocycles. The third-order valence-electron chi connectivity index (χ3n) is 4.25. The van der Waals surface area contributed by atoms with E-state index in [9.17, 15) is 0 Å². The van der Waals surface area contributed by atoms with Crippen LogP contribution in [-0.2, 0) is 6.54 Å². The lowest BCUT2D eigenvalue weighted by Gasteiger charge is -2.35. The van der Waals surface area contributed by atoms with Crippen LogP contribution >= 0.6 is 0 Å². The monoisotopic (exact) mass is 262 g/mol. The summed E-state index contributed by atoms with van der Waals surface area (Å²) in [4.78, 5) is 4.25. The van der Waals surface area contributed by atoms with Gasteiger partial charge >= 0.3 is 0 Å². The summed E-state index contributed by atoms with van der Waals surface area (Å²) in [5.74, 6) is 2.27. The molecule has 19 heavy (non-hydrogen) atoms. The van der Waals surface area contributed by atoms with Crippen molar-refractivity contribution < 1.29 is 4.74 Å². The summed E-state index contributed by atoms with van der Waals surface area (Å²) in [6.07, 6.45) is 7.34. The second-order valence-electron chi connectivity index (χ2n) is 5.89. The smallest absolute Gasteiger partial charge is 0.212 e. The second kappa shape index (κ2) is 6.90. The minimum absolute atomic E-state index is 0.663. The molecular weight excluding hydrogens is 236 g/mol. The van der Waals surface area contributed by atoms with Gasteiger partial charge in [0.2, 0.25) is 5.88 Å². The predicted octanol–water partition coefficient (Wildman–Crippen LogP) is 3.39. The van der Waals surface area contributed by atoms with Crippen molar-refractivity contribution in [2.24, 2.45) is 11.8 Å². The average Bonchev–Trinajstić information content (AvgIpc) is 2.46. The van der Waals surface area contributed by atoms with Gasteiger partial charge in [-0.15, -0.1) is 0 Å². The fraction of sp³-hybridized carbons (Fsp3) is 0.688. The number of hydrogen-bond donors (Lipinski definition) is 1. The highest BCUT2D eigenvalue weighted by Gasteiger charge is 2.26. The van der Waals surface area contributed by atoms with Gasteiger partial charge in [-0.2, -0.15) is 0 Å². The molecule has 0 bridgehead atoms. The van der Waals surface area contributed by atoms with Crippen LogP contribution in [0.4, 0.5) is 0 Å². The van der Waals surface area contributed by atoms with Gasteiger partial charge in [-0.25, -0.2) is 4.98 Å². The Morgan fingerprint density at radius 1 is 1.32 bits per heavy atom. The molecule has 0 spiro atoms. The van der Waals surface area contributed by atoms with Crippen molar-refractivity contribution in [2.75, 3.05) is 7.11 Å². The molecule has 1 N–H and O–H groups in total. The maximum atomic E-state index is 5.08. The zero-order valence-corrected chi connectivity index (χ0v) is 12.4. The Kier molecular flexibility index (Phi) is 5.20. The summed E-state index contributed by atoms with van der Waals surface area (Å²) >= 11 is 0. The standard InChI is InChI=1S/C16H26N2O/c1-12(2)14-6-4-5-7-15(14)17-10-13-8-9-16(19-3)18-11-13/h8-9,11-12,14-15,17H,4-7,10H2,1-3H3. The Bertz CT molecular complexity index is 375. The molecule has 1 aliphatic carbocycles. The summed E-state index contributed by atoms with van der Waals surface area (Å²) in [6, 6.07) is 4.68. The topological polar surface area (TPSA) is 34.1 Å². The van der Waals surface area contributed by atoms with Crippen LogP contribution in [0.15, 0.2) is 18.3 Å². The number of rotatable bonds is 5. The summed E-state index contributed by atoms with van der Waals surface area (Å²) in [5.41, 5.74) is 1.23. The Morgan fingerprint density at radius 3 is 2.74 bits per heavy atom. The van der Waals surface area contributed by atoms with Crippen LogP contribution in [0.5, 0.6) is 5.88 Å². The number of nitrogens with zero attached hydrogens (tertiary/aromatic N) is 1. The molecule has 1 aliphatic rings. The van der Waals surface area contributed by atoms with Gasteiger partial charge in [-0.1, -0.05) is 32.8 Å². The van der Waals surface area contributed by atoms with E-state index in [1.165, 1.54) is 31.2 Å². The molecule has 2 rings (SSSR count). The fourth-order valence-electron chi connectivity index (χ4n) is 3.10. The van der Waals surface area contributed by atoms with Gasteiger partial charge in [0, 0.05) is 24.8 Å². The number of ether oxygens (including phenoxy) is 1. The minimum Gasteiger partial charge on any atom is -0.481 e. The number of aromatic nitrogens is 1. The molecule has 1 aromatic rings. The average molecular weight is 262 g/mol. The molecule has 106 valence electrons. The van der Waals surface area contributed by atoms with E-state index in [2.05, 4.69) is 30.2 Å². The summed E-state index contributed by atoms with van der Waals surface area (Å²) in [7, 11) is 1.65. The predicted molar refractivity (Wildman–Crippen MR) is 78.2 cm³/mol. The maximum absolute atomic E-state index is 5.08. The van der Waals surface area contributed by atoms with Gasteiger partial charge in [0.15, 0.2) is 0 Å². The first-order valence-electron chi connectivity index (χ1n) is 7.43. The third kappa shape index (κ3) is 3.93. The Balaban J connectivity index is 1.88. The first-order valence-corrected chi connectivity index (χ1v) is 7.43. The van der Waals surface area contributed by atoms with Crippen LogP contribution in [0.2, 0.25) is 0 Å². The van der Waals surface area contributed by atoms with E-state index < -0.39 is 0 Å². The van der Waals surface area contributed by atoms with E-state index in [0.29, 0.717) is 11.9 Å². The lowest BCUT2D eigenvalue weighted by molar-refractivity contribution is 0.204. The zero-order valence-electron chi connectivity index (χ0n) is 12.4. The summed E-state index contributed by atoms with van der Waals surface area (Å²) < 4.78 is 5.08. The third-order valence-corrected chi connectivity index (χ3v) is 4.25. The summed E-state index contributed by atoms with van der Waals surface area (Å²) in [6.45, 7) is 5.60. The highest BCUT2D eigenvalue weighted by molar-refractivity contribution is 5.17. The molecule has 2 unspecified atom stereocenters. The quantitative estimate of drug-likeness (QED) is 0.883. The lowest BCUT2D eigenvalue weighted by Crippen LogP contribution is -2.40. The van der Waals surface area contributed by atoms with E-state index in [4.69, 9.17) is 4.74 Å². The Hall–Kier alpha value is -1.09. The number of hydrogen-bond acceptors (Lipinski definition) is 3. The number of methoxy groups -OCH3 is 1. The SMILES string of the molecule is COc1ccc(CNC2CCCCC2C(C)C)cn1. The first kappa shape index (κ1) is 14.3. The van der Waals surface area contributed by atoms with E-state index >= 15 is 0 Å². The zero-order chi connectivity index (χ0) is 13.7. The normalized spacial score (nSPS) is 23.6. The van der Waals surface area contributed by atoms with Crippen molar-refractivity contribution in [1.82, 2.24) is 10.3 Å². The number of nitrogens with one attached hydrogen (secondary N) is 1. The molecule has 2 atom stereocenters. The molecule has 3 nitrogen and oxygen atoms in total. The van der Waals surface area contributed by atoms with Gasteiger partial charge in [0.1, 0.15) is 0 Å². The molecule has 3 heteroatoms. The molecule has 0 amide bonds. The molecule has 0 aromatic carbocycles. The van der Waals surface area contributed by atoms with Crippen LogP contribution in [0, 0.1) is 11.8 Å². The molecule has 1 fully saturated rings. The fourth-order valence-corrected chi connectivity index (χ4v) is 3.10. The Labute approximate surface area is 116 Å². The van der Waals surface area contributed by atoms with Crippen molar-refractivity contribution in [1.29, 1.82) is 0 Å². The maximum Gasteiger partial charge on any atom is 0.212 e. The Morgan fingerprint density at radius 2 is 2.11 bits per heavy atom. The minimum atomic E-state index is 0.663. The van der Waals surface area contributed by atoms with Gasteiger partial charge in [-0.3, -0.25) is 0 Å². The van der Waals surface area contributed by atoms with E-state index in [1.807, 2.05) is 12.3 Å². The van der Waals surface area contributed by atoms with E-state index in [-0.39, 0.29) is 0 Å². The molecule has 0 radical (unpaired) electrons. The van der Waals surface area contributed by atoms with Gasteiger partial charge in [0.25, 0.3) is 0 Å². The molecule has 1 heterocycles. The van der Waals surface area contributed by atoms with Crippen molar-refractivity contribution >= 4 is 0 Å². The van der Waals surface area contributed by atoms with Crippen LogP contribution in [0.3, 0.4) is 0 Å². The van der Waals surface area contributed by atoms with Crippen LogP contribution in [-0.4, -0.2) is 18.1 Å². The van der Waals surface area contributed by atoms with Gasteiger partial charge in [-0.05, 0) is 30.2 Å². The summed E-state index contributed by atoms with van der Waals surface area (Å²) in [5, 5.41) is 3.73. The lowest BCUT2D eigenvalue weighted by atomic mass is 9.78. The van der Waals surface area contributed by atoms with E-state index in [1.54, 1.807) is 7.11 Å². The van der Waals surface area contributed by atoms with Crippen molar-refractivity contribution in [2.45, 2.75) is 52.1 Å². The van der Waals surface area contributed by atoms with Crippen LogP contribution in [0.1, 0.15) is 45.1 Å². The van der Waals surface area contributed by atoms with Gasteiger partial charge in [0.05, 0.1) is 7.11 Å². The first-order chi connectivity index (χ1) is 9.20. The molecule has 0 aliphatic heterocycles. The van der Waals surface area contributed by atoms with Crippen molar-refractivity contribution in [3.63, 3.8) is 0 Å². The highest BCUT2D eigenvalue weighted by atomic mass is 16.5. The van der Waals surface area contributed by atoms with Gasteiger partial charge < -0.3 is 10.1 Å². The largest absolute Gasteiger partial charge is 0.481 e. The van der Waals surface area contributed by atoms with Crippen LogP contribution < -0.4 is 10.1 Å². The number of pyridine rings is 1. The molecule has 1 aromatic heterocycles. The van der Waals surface area contributed by atoms with Crippen LogP contribution in [0.25, 0.3) is 0 Å². The highest BCUT2D eigenvalue weighted by Crippen LogP contribution is 2.30.